The molecule has 1 aliphatic rings. The SMILES string of the molecule is CC(C)(O)C1NC(=O)OC1=O. The van der Waals surface area contributed by atoms with Crippen LogP contribution in [0.5, 0.6) is 0 Å². The number of cyclic esters (lactones) is 2. The Morgan fingerprint density at radius 1 is 1.55 bits per heavy atom. The van der Waals surface area contributed by atoms with Crippen LogP contribution in [0, 0.1) is 0 Å². The third-order valence-electron chi connectivity index (χ3n) is 1.40. The minimum atomic E-state index is -1.27. The molecule has 1 atom stereocenters. The summed E-state index contributed by atoms with van der Waals surface area (Å²) in [7, 11) is 0. The minimum Gasteiger partial charge on any atom is -0.388 e. The van der Waals surface area contributed by atoms with Crippen molar-refractivity contribution >= 4 is 12.1 Å². The van der Waals surface area contributed by atoms with Crippen molar-refractivity contribution < 1.29 is 19.4 Å². The van der Waals surface area contributed by atoms with E-state index in [1.165, 1.54) is 13.8 Å². The van der Waals surface area contributed by atoms with Gasteiger partial charge in [-0.3, -0.25) is 0 Å². The molecule has 1 saturated heterocycles. The molecular weight excluding hydrogens is 150 g/mol. The number of hydrogen-bond acceptors (Lipinski definition) is 4. The summed E-state index contributed by atoms with van der Waals surface area (Å²) in [5.74, 6) is -0.734. The Hall–Kier alpha value is -1.10. The molecule has 1 unspecified atom stereocenters. The molecule has 11 heavy (non-hydrogen) atoms. The number of carbonyl (C=O) groups excluding carboxylic acids is 2. The van der Waals surface area contributed by atoms with Crippen LogP contribution in [0.15, 0.2) is 0 Å². The lowest BCUT2D eigenvalue weighted by Gasteiger charge is -2.20. The molecule has 62 valence electrons. The third kappa shape index (κ3) is 1.48. The molecule has 0 aromatic rings. The number of esters is 1. The van der Waals surface area contributed by atoms with Crippen molar-refractivity contribution in [2.75, 3.05) is 0 Å². The number of carbonyl (C=O) groups is 2. The Balaban J connectivity index is 2.76. The van der Waals surface area contributed by atoms with Crippen molar-refractivity contribution in [1.29, 1.82) is 0 Å². The van der Waals surface area contributed by atoms with Gasteiger partial charge in [-0.1, -0.05) is 0 Å². The van der Waals surface area contributed by atoms with Crippen LogP contribution in [-0.4, -0.2) is 28.8 Å². The first-order valence-corrected chi connectivity index (χ1v) is 3.16. The second-order valence-corrected chi connectivity index (χ2v) is 2.94. The molecule has 1 heterocycles. The quantitative estimate of drug-likeness (QED) is 0.395. The fourth-order valence-electron chi connectivity index (χ4n) is 0.822. The molecular formula is C6H9NO4. The summed E-state index contributed by atoms with van der Waals surface area (Å²) in [4.78, 5) is 21.2. The highest BCUT2D eigenvalue weighted by atomic mass is 16.6. The molecule has 1 aliphatic heterocycles. The third-order valence-corrected chi connectivity index (χ3v) is 1.40. The largest absolute Gasteiger partial charge is 0.415 e. The lowest BCUT2D eigenvalue weighted by Crippen LogP contribution is -2.47. The zero-order valence-corrected chi connectivity index (χ0v) is 6.25. The Bertz CT molecular complexity index is 205. The first kappa shape index (κ1) is 8.00. The van der Waals surface area contributed by atoms with Crippen LogP contribution < -0.4 is 5.32 Å². The van der Waals surface area contributed by atoms with E-state index < -0.39 is 23.7 Å². The van der Waals surface area contributed by atoms with Gasteiger partial charge in [0.15, 0.2) is 6.04 Å². The van der Waals surface area contributed by atoms with E-state index in [0.717, 1.165) is 0 Å². The number of alkyl carbamates (subject to hydrolysis) is 1. The van der Waals surface area contributed by atoms with Gasteiger partial charge in [-0.15, -0.1) is 0 Å². The zero-order valence-electron chi connectivity index (χ0n) is 6.25. The fraction of sp³-hybridized carbons (Fsp3) is 0.667. The van der Waals surface area contributed by atoms with Crippen LogP contribution >= 0.6 is 0 Å². The second-order valence-electron chi connectivity index (χ2n) is 2.94. The van der Waals surface area contributed by atoms with Gasteiger partial charge in [0.1, 0.15) is 0 Å². The number of rotatable bonds is 1. The molecule has 0 radical (unpaired) electrons. The topological polar surface area (TPSA) is 75.6 Å². The van der Waals surface area contributed by atoms with Crippen LogP contribution in [0.1, 0.15) is 13.8 Å². The van der Waals surface area contributed by atoms with Gasteiger partial charge in [0.2, 0.25) is 0 Å². The normalized spacial score (nSPS) is 24.8. The lowest BCUT2D eigenvalue weighted by molar-refractivity contribution is -0.139. The average Bonchev–Trinajstić information content (AvgIpc) is 2.08. The van der Waals surface area contributed by atoms with Crippen LogP contribution in [0.4, 0.5) is 4.79 Å². The molecule has 5 heteroatoms. The summed E-state index contributed by atoms with van der Waals surface area (Å²) in [5.41, 5.74) is -1.27. The first-order chi connectivity index (χ1) is 4.91. The van der Waals surface area contributed by atoms with Gasteiger partial charge >= 0.3 is 12.1 Å². The molecule has 5 nitrogen and oxygen atoms in total. The number of aliphatic hydroxyl groups is 1. The molecule has 0 bridgehead atoms. The second kappa shape index (κ2) is 2.20. The van der Waals surface area contributed by atoms with E-state index in [4.69, 9.17) is 0 Å². The van der Waals surface area contributed by atoms with Crippen LogP contribution in [0.3, 0.4) is 0 Å². The maximum absolute atomic E-state index is 10.8. The summed E-state index contributed by atoms with van der Waals surface area (Å²) in [6.45, 7) is 2.84. The first-order valence-electron chi connectivity index (χ1n) is 3.16. The molecule has 1 amide bonds. The van der Waals surface area contributed by atoms with Crippen LogP contribution in [0.25, 0.3) is 0 Å². The molecule has 1 fully saturated rings. The fourth-order valence-corrected chi connectivity index (χ4v) is 0.822. The Kier molecular flexibility index (Phi) is 1.60. The Morgan fingerprint density at radius 3 is 2.27 bits per heavy atom. The number of nitrogens with one attached hydrogen (secondary N) is 1. The minimum absolute atomic E-state index is 0.734. The van der Waals surface area contributed by atoms with Gasteiger partial charge in [0.25, 0.3) is 0 Å². The summed E-state index contributed by atoms with van der Waals surface area (Å²) in [6, 6.07) is -0.949. The predicted molar refractivity (Wildman–Crippen MR) is 34.7 cm³/mol. The summed E-state index contributed by atoms with van der Waals surface area (Å²) in [6.07, 6.45) is -0.804. The van der Waals surface area contributed by atoms with E-state index in [-0.39, 0.29) is 0 Å². The smallest absolute Gasteiger partial charge is 0.388 e. The van der Waals surface area contributed by atoms with Gasteiger partial charge in [0, 0.05) is 0 Å². The zero-order chi connectivity index (χ0) is 8.65. The highest BCUT2D eigenvalue weighted by Gasteiger charge is 2.42. The van der Waals surface area contributed by atoms with Crippen molar-refractivity contribution in [2.24, 2.45) is 0 Å². The van der Waals surface area contributed by atoms with Gasteiger partial charge in [-0.25, -0.2) is 9.59 Å². The summed E-state index contributed by atoms with van der Waals surface area (Å²) >= 11 is 0. The van der Waals surface area contributed by atoms with E-state index in [2.05, 4.69) is 10.1 Å². The van der Waals surface area contributed by atoms with Crippen LogP contribution in [-0.2, 0) is 9.53 Å². The summed E-state index contributed by atoms with van der Waals surface area (Å²) in [5, 5.41) is 11.5. The van der Waals surface area contributed by atoms with Crippen molar-refractivity contribution in [1.82, 2.24) is 5.32 Å². The van der Waals surface area contributed by atoms with E-state index in [1.54, 1.807) is 0 Å². The molecule has 0 aromatic heterocycles. The van der Waals surface area contributed by atoms with Crippen LogP contribution in [0.2, 0.25) is 0 Å². The molecule has 0 spiro atoms. The van der Waals surface area contributed by atoms with Crippen molar-refractivity contribution in [3.63, 3.8) is 0 Å². The molecule has 0 aliphatic carbocycles. The number of ether oxygens (including phenoxy) is 1. The van der Waals surface area contributed by atoms with Gasteiger partial charge in [-0.2, -0.15) is 0 Å². The summed E-state index contributed by atoms with van der Waals surface area (Å²) < 4.78 is 4.15. The number of amides is 1. The highest BCUT2D eigenvalue weighted by molar-refractivity contribution is 5.96. The van der Waals surface area contributed by atoms with Crippen molar-refractivity contribution in [2.45, 2.75) is 25.5 Å². The van der Waals surface area contributed by atoms with Gasteiger partial charge in [-0.05, 0) is 13.8 Å². The van der Waals surface area contributed by atoms with E-state index >= 15 is 0 Å². The van der Waals surface area contributed by atoms with Crippen molar-refractivity contribution in [3.05, 3.63) is 0 Å². The Labute approximate surface area is 63.3 Å². The van der Waals surface area contributed by atoms with E-state index in [1.807, 2.05) is 0 Å². The molecule has 2 N–H and O–H groups in total. The molecule has 0 aromatic carbocycles. The van der Waals surface area contributed by atoms with Crippen molar-refractivity contribution in [3.8, 4) is 0 Å². The lowest BCUT2D eigenvalue weighted by atomic mass is 10.0. The molecule has 1 rings (SSSR count). The predicted octanol–water partition coefficient (Wildman–Crippen LogP) is -0.608. The van der Waals surface area contributed by atoms with E-state index in [0.29, 0.717) is 0 Å². The molecule has 0 saturated carbocycles. The van der Waals surface area contributed by atoms with E-state index in [9.17, 15) is 14.7 Å². The monoisotopic (exact) mass is 159 g/mol. The Morgan fingerprint density at radius 2 is 2.09 bits per heavy atom. The maximum atomic E-state index is 10.8. The van der Waals surface area contributed by atoms with Gasteiger partial charge < -0.3 is 15.2 Å². The average molecular weight is 159 g/mol. The maximum Gasteiger partial charge on any atom is 0.415 e. The standard InChI is InChI=1S/C6H9NO4/c1-6(2,10)3-4(8)11-5(9)7-3/h3,10H,1-2H3,(H,7,9). The highest BCUT2D eigenvalue weighted by Crippen LogP contribution is 2.14. The number of hydrogen-bond donors (Lipinski definition) is 2. The van der Waals surface area contributed by atoms with Gasteiger partial charge in [0.05, 0.1) is 5.60 Å².